The second-order valence-corrected chi connectivity index (χ2v) is 5.60. The van der Waals surface area contributed by atoms with E-state index in [0.29, 0.717) is 5.95 Å². The lowest BCUT2D eigenvalue weighted by atomic mass is 10.0. The molecule has 0 radical (unpaired) electrons. The van der Waals surface area contributed by atoms with Crippen LogP contribution in [-0.2, 0) is 12.8 Å². The zero-order valence-electron chi connectivity index (χ0n) is 13.9. The average molecular weight is 323 g/mol. The fourth-order valence-electron chi connectivity index (χ4n) is 2.64. The summed E-state index contributed by atoms with van der Waals surface area (Å²) in [6.45, 7) is 0. The number of aromatic amines is 1. The number of benzene rings is 2. The predicted octanol–water partition coefficient (Wildman–Crippen LogP) is 3.19. The van der Waals surface area contributed by atoms with E-state index in [1.807, 2.05) is 48.5 Å². The van der Waals surface area contributed by atoms with Gasteiger partial charge < -0.3 is 20.2 Å². The summed E-state index contributed by atoms with van der Waals surface area (Å²) in [5.41, 5.74) is 10.2. The summed E-state index contributed by atoms with van der Waals surface area (Å²) < 4.78 is 10.4. The lowest BCUT2D eigenvalue weighted by Crippen LogP contribution is -1.97. The molecular weight excluding hydrogens is 302 g/mol. The minimum Gasteiger partial charge on any atom is -0.497 e. The van der Waals surface area contributed by atoms with E-state index in [1.165, 1.54) is 11.1 Å². The molecule has 0 saturated carbocycles. The van der Waals surface area contributed by atoms with E-state index in [4.69, 9.17) is 15.2 Å². The normalized spacial score (nSPS) is 10.6. The standard InChI is InChI=1S/C19H21N3O2/c1-23-15-7-3-13(4-8-15)11-17-18(22-19(20)21-17)12-14-5-9-16(24-2)10-6-14/h3-10H,11-12H2,1-2H3,(H3,20,21,22). The van der Waals surface area contributed by atoms with Gasteiger partial charge in [-0.15, -0.1) is 0 Å². The molecule has 0 unspecified atom stereocenters. The maximum Gasteiger partial charge on any atom is 0.197 e. The monoisotopic (exact) mass is 323 g/mol. The van der Waals surface area contributed by atoms with Crippen LogP contribution in [0, 0.1) is 0 Å². The van der Waals surface area contributed by atoms with Crippen molar-refractivity contribution in [1.29, 1.82) is 0 Å². The summed E-state index contributed by atoms with van der Waals surface area (Å²) in [4.78, 5) is 7.62. The third-order valence-electron chi connectivity index (χ3n) is 3.95. The molecule has 0 aliphatic carbocycles. The number of nitrogens with one attached hydrogen (secondary N) is 1. The minimum absolute atomic E-state index is 0.446. The van der Waals surface area contributed by atoms with Crippen molar-refractivity contribution < 1.29 is 9.47 Å². The third kappa shape index (κ3) is 3.68. The quantitative estimate of drug-likeness (QED) is 0.730. The van der Waals surface area contributed by atoms with Crippen LogP contribution in [0.2, 0.25) is 0 Å². The first-order chi connectivity index (χ1) is 11.7. The van der Waals surface area contributed by atoms with Crippen molar-refractivity contribution in [3.63, 3.8) is 0 Å². The lowest BCUT2D eigenvalue weighted by molar-refractivity contribution is 0.414. The van der Waals surface area contributed by atoms with Gasteiger partial charge in [0.05, 0.1) is 19.9 Å². The summed E-state index contributed by atoms with van der Waals surface area (Å²) in [5.74, 6) is 2.14. The Morgan fingerprint density at radius 3 is 1.83 bits per heavy atom. The van der Waals surface area contributed by atoms with Gasteiger partial charge in [0, 0.05) is 18.5 Å². The molecule has 5 nitrogen and oxygen atoms in total. The number of nitrogens with zero attached hydrogens (tertiary/aromatic N) is 1. The Balaban J connectivity index is 1.78. The predicted molar refractivity (Wildman–Crippen MR) is 94.6 cm³/mol. The third-order valence-corrected chi connectivity index (χ3v) is 3.95. The Labute approximate surface area is 141 Å². The van der Waals surface area contributed by atoms with Gasteiger partial charge in [-0.3, -0.25) is 0 Å². The van der Waals surface area contributed by atoms with Crippen LogP contribution >= 0.6 is 0 Å². The van der Waals surface area contributed by atoms with E-state index in [0.717, 1.165) is 35.7 Å². The van der Waals surface area contributed by atoms with Gasteiger partial charge in [-0.1, -0.05) is 24.3 Å². The Kier molecular flexibility index (Phi) is 4.70. The summed E-state index contributed by atoms with van der Waals surface area (Å²) >= 11 is 0. The molecule has 0 saturated heterocycles. The second kappa shape index (κ2) is 7.08. The molecule has 5 heteroatoms. The molecule has 0 aliphatic heterocycles. The van der Waals surface area contributed by atoms with Crippen molar-refractivity contribution in [1.82, 2.24) is 9.97 Å². The average Bonchev–Trinajstić information content (AvgIpc) is 2.95. The van der Waals surface area contributed by atoms with Gasteiger partial charge in [0.15, 0.2) is 5.95 Å². The highest BCUT2D eigenvalue weighted by Crippen LogP contribution is 2.20. The molecule has 0 fully saturated rings. The summed E-state index contributed by atoms with van der Waals surface area (Å²) in [5, 5.41) is 0. The van der Waals surface area contributed by atoms with Crippen LogP contribution in [-0.4, -0.2) is 24.2 Å². The summed E-state index contributed by atoms with van der Waals surface area (Å²) in [6.07, 6.45) is 1.48. The number of aromatic nitrogens is 2. The van der Waals surface area contributed by atoms with E-state index in [1.54, 1.807) is 14.2 Å². The topological polar surface area (TPSA) is 73.2 Å². The Morgan fingerprint density at radius 1 is 0.833 bits per heavy atom. The number of H-pyrrole nitrogens is 1. The maximum atomic E-state index is 5.87. The molecule has 0 spiro atoms. The number of nitrogens with two attached hydrogens (primary N) is 1. The molecule has 3 rings (SSSR count). The zero-order chi connectivity index (χ0) is 16.9. The molecule has 1 aromatic heterocycles. The molecule has 0 aliphatic rings. The zero-order valence-corrected chi connectivity index (χ0v) is 13.9. The van der Waals surface area contributed by atoms with Crippen LogP contribution < -0.4 is 15.2 Å². The Hall–Kier alpha value is -2.95. The molecule has 1 heterocycles. The molecule has 0 atom stereocenters. The second-order valence-electron chi connectivity index (χ2n) is 5.60. The number of ether oxygens (including phenoxy) is 2. The Bertz CT molecular complexity index is 725. The minimum atomic E-state index is 0.446. The van der Waals surface area contributed by atoms with Crippen molar-refractivity contribution in [3.8, 4) is 11.5 Å². The smallest absolute Gasteiger partial charge is 0.197 e. The molecule has 0 bridgehead atoms. The SMILES string of the molecule is COc1ccc(Cc2nc(N)[nH]c2Cc2ccc(OC)cc2)cc1. The highest BCUT2D eigenvalue weighted by Gasteiger charge is 2.10. The summed E-state index contributed by atoms with van der Waals surface area (Å²) in [6, 6.07) is 16.0. The van der Waals surface area contributed by atoms with Crippen LogP contribution in [0.25, 0.3) is 0 Å². The van der Waals surface area contributed by atoms with Crippen LogP contribution in [0.1, 0.15) is 22.5 Å². The van der Waals surface area contributed by atoms with E-state index in [2.05, 4.69) is 9.97 Å². The number of hydrogen-bond acceptors (Lipinski definition) is 4. The number of hydrogen-bond donors (Lipinski definition) is 2. The van der Waals surface area contributed by atoms with Gasteiger partial charge in [-0.25, -0.2) is 4.98 Å². The van der Waals surface area contributed by atoms with Crippen molar-refractivity contribution >= 4 is 5.95 Å². The fraction of sp³-hybridized carbons (Fsp3) is 0.211. The molecule has 124 valence electrons. The van der Waals surface area contributed by atoms with Crippen LogP contribution in [0.5, 0.6) is 11.5 Å². The highest BCUT2D eigenvalue weighted by atomic mass is 16.5. The van der Waals surface area contributed by atoms with Crippen molar-refractivity contribution in [3.05, 3.63) is 71.0 Å². The van der Waals surface area contributed by atoms with E-state index >= 15 is 0 Å². The molecular formula is C19H21N3O2. The molecule has 24 heavy (non-hydrogen) atoms. The van der Waals surface area contributed by atoms with Gasteiger partial charge in [0.25, 0.3) is 0 Å². The van der Waals surface area contributed by atoms with Gasteiger partial charge in [-0.2, -0.15) is 0 Å². The lowest BCUT2D eigenvalue weighted by Gasteiger charge is -2.06. The van der Waals surface area contributed by atoms with Crippen LogP contribution in [0.4, 0.5) is 5.95 Å². The number of methoxy groups -OCH3 is 2. The van der Waals surface area contributed by atoms with Gasteiger partial charge in [-0.05, 0) is 35.4 Å². The first kappa shape index (κ1) is 15.9. The number of rotatable bonds is 6. The largest absolute Gasteiger partial charge is 0.497 e. The molecule has 3 aromatic rings. The first-order valence-electron chi connectivity index (χ1n) is 7.77. The van der Waals surface area contributed by atoms with Gasteiger partial charge >= 0.3 is 0 Å². The summed E-state index contributed by atoms with van der Waals surface area (Å²) in [7, 11) is 3.33. The molecule has 0 amide bonds. The number of anilines is 1. The van der Waals surface area contributed by atoms with Gasteiger partial charge in [0.1, 0.15) is 11.5 Å². The van der Waals surface area contributed by atoms with E-state index in [-0.39, 0.29) is 0 Å². The van der Waals surface area contributed by atoms with Gasteiger partial charge in [0.2, 0.25) is 0 Å². The first-order valence-corrected chi connectivity index (χ1v) is 7.77. The fourth-order valence-corrected chi connectivity index (χ4v) is 2.64. The molecule has 3 N–H and O–H groups in total. The van der Waals surface area contributed by atoms with E-state index in [9.17, 15) is 0 Å². The maximum absolute atomic E-state index is 5.87. The van der Waals surface area contributed by atoms with E-state index < -0.39 is 0 Å². The van der Waals surface area contributed by atoms with Crippen LogP contribution in [0.15, 0.2) is 48.5 Å². The van der Waals surface area contributed by atoms with Crippen molar-refractivity contribution in [2.24, 2.45) is 0 Å². The van der Waals surface area contributed by atoms with Crippen molar-refractivity contribution in [2.75, 3.05) is 20.0 Å². The highest BCUT2D eigenvalue weighted by molar-refractivity contribution is 5.37. The molecule has 2 aromatic carbocycles. The van der Waals surface area contributed by atoms with Crippen molar-refractivity contribution in [2.45, 2.75) is 12.8 Å². The number of imidazole rings is 1. The number of nitrogen functional groups attached to an aromatic ring is 1. The Morgan fingerprint density at radius 2 is 1.33 bits per heavy atom. The van der Waals surface area contributed by atoms with Crippen LogP contribution in [0.3, 0.4) is 0 Å².